The lowest BCUT2D eigenvalue weighted by molar-refractivity contribution is -0.383. The number of nitrogens with two attached hydrogens (primary N) is 1. The van der Waals surface area contributed by atoms with E-state index in [1.165, 1.54) is 36.1 Å². The number of nitrogens with zero attached hydrogens (tertiary/aromatic N) is 3. The predicted molar refractivity (Wildman–Crippen MR) is 68.0 cm³/mol. The summed E-state index contributed by atoms with van der Waals surface area (Å²) in [6.07, 6.45) is 1.46. The lowest BCUT2D eigenvalue weighted by atomic mass is 10.2. The molecule has 8 nitrogen and oxygen atoms in total. The van der Waals surface area contributed by atoms with Crippen LogP contribution in [-0.4, -0.2) is 27.7 Å². The van der Waals surface area contributed by atoms with Crippen molar-refractivity contribution in [3.63, 3.8) is 0 Å². The van der Waals surface area contributed by atoms with Gasteiger partial charge in [0, 0.05) is 13.2 Å². The second-order valence-electron chi connectivity index (χ2n) is 3.70. The van der Waals surface area contributed by atoms with Crippen molar-refractivity contribution < 1.29 is 9.72 Å². The van der Waals surface area contributed by atoms with Gasteiger partial charge in [-0.3, -0.25) is 14.9 Å². The van der Waals surface area contributed by atoms with Crippen molar-refractivity contribution in [2.45, 2.75) is 0 Å². The van der Waals surface area contributed by atoms with Crippen LogP contribution in [0.1, 0.15) is 10.5 Å². The third-order valence-electron chi connectivity index (χ3n) is 2.52. The summed E-state index contributed by atoms with van der Waals surface area (Å²) in [4.78, 5) is 21.8. The number of anilines is 1. The van der Waals surface area contributed by atoms with Crippen molar-refractivity contribution in [1.82, 2.24) is 15.1 Å². The Morgan fingerprint density at radius 3 is 2.84 bits per heavy atom. The Kier molecular flexibility index (Phi) is 3.15. The van der Waals surface area contributed by atoms with Gasteiger partial charge in [-0.25, -0.2) is 4.68 Å². The number of aromatic nitrogens is 2. The number of benzene rings is 1. The zero-order valence-electron chi connectivity index (χ0n) is 10.0. The van der Waals surface area contributed by atoms with E-state index in [1.54, 1.807) is 6.07 Å². The van der Waals surface area contributed by atoms with Gasteiger partial charge in [-0.05, 0) is 18.2 Å². The van der Waals surface area contributed by atoms with Crippen LogP contribution in [0, 0.1) is 10.1 Å². The maximum absolute atomic E-state index is 11.4. The van der Waals surface area contributed by atoms with E-state index in [4.69, 9.17) is 5.73 Å². The summed E-state index contributed by atoms with van der Waals surface area (Å²) >= 11 is 0. The molecule has 2 rings (SSSR count). The van der Waals surface area contributed by atoms with Crippen molar-refractivity contribution in [2.24, 2.45) is 0 Å². The van der Waals surface area contributed by atoms with E-state index < -0.39 is 4.92 Å². The van der Waals surface area contributed by atoms with Crippen LogP contribution in [0.15, 0.2) is 30.5 Å². The number of hydrogen-bond acceptors (Lipinski definition) is 5. The number of amides is 1. The second kappa shape index (κ2) is 4.77. The zero-order valence-corrected chi connectivity index (χ0v) is 10.0. The predicted octanol–water partition coefficient (Wildman–Crippen LogP) is 0.722. The van der Waals surface area contributed by atoms with Gasteiger partial charge >= 0.3 is 5.69 Å². The molecule has 98 valence electrons. The number of carbonyl (C=O) groups is 1. The zero-order chi connectivity index (χ0) is 14.0. The van der Waals surface area contributed by atoms with Crippen LogP contribution in [0.2, 0.25) is 0 Å². The summed E-state index contributed by atoms with van der Waals surface area (Å²) in [5, 5.41) is 17.4. The van der Waals surface area contributed by atoms with Crippen LogP contribution in [-0.2, 0) is 0 Å². The lowest BCUT2D eigenvalue weighted by Crippen LogP contribution is -2.18. The highest BCUT2D eigenvalue weighted by Crippen LogP contribution is 2.28. The second-order valence-corrected chi connectivity index (χ2v) is 3.70. The van der Waals surface area contributed by atoms with Gasteiger partial charge in [-0.15, -0.1) is 0 Å². The molecule has 0 spiro atoms. The molecule has 0 radical (unpaired) electrons. The molecule has 1 amide bonds. The Morgan fingerprint density at radius 1 is 1.47 bits per heavy atom. The summed E-state index contributed by atoms with van der Waals surface area (Å²) < 4.78 is 1.25. The van der Waals surface area contributed by atoms with Crippen LogP contribution < -0.4 is 11.1 Å². The van der Waals surface area contributed by atoms with Gasteiger partial charge in [-0.2, -0.15) is 5.10 Å². The molecule has 0 aliphatic heterocycles. The van der Waals surface area contributed by atoms with Gasteiger partial charge in [0.1, 0.15) is 11.4 Å². The van der Waals surface area contributed by atoms with E-state index in [2.05, 4.69) is 10.4 Å². The molecule has 0 aliphatic carbocycles. The fraction of sp³-hybridized carbons (Fsp3) is 0.0909. The molecule has 0 bridgehead atoms. The Hall–Kier alpha value is -2.90. The van der Waals surface area contributed by atoms with Gasteiger partial charge in [0.15, 0.2) is 5.69 Å². The van der Waals surface area contributed by atoms with Crippen LogP contribution in [0.5, 0.6) is 0 Å². The van der Waals surface area contributed by atoms with Crippen molar-refractivity contribution >= 4 is 17.3 Å². The molecule has 8 heteroatoms. The van der Waals surface area contributed by atoms with Gasteiger partial charge in [0.05, 0.1) is 4.92 Å². The van der Waals surface area contributed by atoms with E-state index in [0.29, 0.717) is 0 Å². The molecule has 1 heterocycles. The monoisotopic (exact) mass is 261 g/mol. The quantitative estimate of drug-likeness (QED) is 0.479. The van der Waals surface area contributed by atoms with Gasteiger partial charge in [0.2, 0.25) is 0 Å². The minimum absolute atomic E-state index is 0.0412. The third kappa shape index (κ3) is 2.23. The molecule has 1 aromatic heterocycles. The first-order chi connectivity index (χ1) is 9.04. The first kappa shape index (κ1) is 12.6. The highest BCUT2D eigenvalue weighted by Gasteiger charge is 2.20. The fourth-order valence-corrected chi connectivity index (χ4v) is 1.64. The van der Waals surface area contributed by atoms with E-state index >= 15 is 0 Å². The van der Waals surface area contributed by atoms with E-state index in [1.807, 2.05) is 0 Å². The van der Waals surface area contributed by atoms with Gasteiger partial charge in [-0.1, -0.05) is 6.07 Å². The Labute approximate surface area is 108 Å². The third-order valence-corrected chi connectivity index (χ3v) is 2.52. The number of nitro groups is 1. The summed E-state index contributed by atoms with van der Waals surface area (Å²) in [6.45, 7) is 0. The Balaban J connectivity index is 2.53. The smallest absolute Gasteiger partial charge is 0.317 e. The average molecular weight is 261 g/mol. The number of para-hydroxylation sites is 1. The molecule has 0 fully saturated rings. The van der Waals surface area contributed by atoms with Gasteiger partial charge < -0.3 is 11.1 Å². The van der Waals surface area contributed by atoms with Crippen molar-refractivity contribution in [1.29, 1.82) is 0 Å². The largest absolute Gasteiger partial charge is 0.393 e. The van der Waals surface area contributed by atoms with Gasteiger partial charge in [0.25, 0.3) is 5.91 Å². The molecule has 0 saturated heterocycles. The molecular formula is C11H11N5O3. The first-order valence-electron chi connectivity index (χ1n) is 5.35. The molecule has 0 unspecified atom stereocenters. The highest BCUT2D eigenvalue weighted by molar-refractivity contribution is 5.92. The minimum atomic E-state index is -0.577. The molecule has 2 aromatic rings. The molecule has 19 heavy (non-hydrogen) atoms. The van der Waals surface area contributed by atoms with E-state index in [-0.39, 0.29) is 28.7 Å². The Bertz CT molecular complexity index is 650. The van der Waals surface area contributed by atoms with E-state index in [9.17, 15) is 14.9 Å². The number of nitro benzene ring substituents is 1. The van der Waals surface area contributed by atoms with Crippen molar-refractivity contribution in [3.05, 3.63) is 46.3 Å². The van der Waals surface area contributed by atoms with E-state index in [0.717, 1.165) is 0 Å². The number of rotatable bonds is 3. The maximum atomic E-state index is 11.4. The molecule has 0 saturated carbocycles. The van der Waals surface area contributed by atoms with Crippen molar-refractivity contribution in [3.8, 4) is 5.69 Å². The maximum Gasteiger partial charge on any atom is 0.317 e. The number of nitrogen functional groups attached to an aromatic ring is 1. The minimum Gasteiger partial charge on any atom is -0.393 e. The van der Waals surface area contributed by atoms with Crippen LogP contribution >= 0.6 is 0 Å². The topological polar surface area (TPSA) is 116 Å². The standard InChI is InChI=1S/C11H11N5O3/c1-13-11(17)8-5-6-15(14-8)9-4-2-3-7(12)10(9)16(18)19/h2-6H,12H2,1H3,(H,13,17). The molecular weight excluding hydrogens is 250 g/mol. The molecule has 0 aliphatic rings. The molecule has 1 aromatic carbocycles. The Morgan fingerprint density at radius 2 is 2.21 bits per heavy atom. The highest BCUT2D eigenvalue weighted by atomic mass is 16.6. The van der Waals surface area contributed by atoms with Crippen molar-refractivity contribution in [2.75, 3.05) is 12.8 Å². The normalized spacial score (nSPS) is 10.2. The SMILES string of the molecule is CNC(=O)c1ccn(-c2cccc(N)c2[N+](=O)[O-])n1. The summed E-state index contributed by atoms with van der Waals surface area (Å²) in [5.74, 6) is -0.370. The summed E-state index contributed by atoms with van der Waals surface area (Å²) in [5.41, 5.74) is 5.76. The summed E-state index contributed by atoms with van der Waals surface area (Å²) in [7, 11) is 1.48. The summed E-state index contributed by atoms with van der Waals surface area (Å²) in [6, 6.07) is 5.99. The molecule has 3 N–H and O–H groups in total. The van der Waals surface area contributed by atoms with Crippen LogP contribution in [0.25, 0.3) is 5.69 Å². The number of nitrogens with one attached hydrogen (secondary N) is 1. The number of hydrogen-bond donors (Lipinski definition) is 2. The van der Waals surface area contributed by atoms with Crippen LogP contribution in [0.4, 0.5) is 11.4 Å². The first-order valence-corrected chi connectivity index (χ1v) is 5.35. The lowest BCUT2D eigenvalue weighted by Gasteiger charge is -2.04. The molecule has 0 atom stereocenters. The van der Waals surface area contributed by atoms with Crippen LogP contribution in [0.3, 0.4) is 0 Å². The fourth-order valence-electron chi connectivity index (χ4n) is 1.64. The number of carbonyl (C=O) groups excluding carboxylic acids is 1. The average Bonchev–Trinajstić information content (AvgIpc) is 2.86.